The molecular formula is C27H27ClF6N4OS. The maximum Gasteiger partial charge on any atom is 0.433 e. The molecule has 1 amide bonds. The lowest BCUT2D eigenvalue weighted by Gasteiger charge is -2.36. The van der Waals surface area contributed by atoms with Crippen LogP contribution >= 0.6 is 23.4 Å². The molecule has 5 nitrogen and oxygen atoms in total. The fourth-order valence-corrected chi connectivity index (χ4v) is 6.90. The van der Waals surface area contributed by atoms with Crippen LogP contribution in [0.2, 0.25) is 0 Å². The van der Waals surface area contributed by atoms with Gasteiger partial charge in [-0.25, -0.2) is 13.2 Å². The van der Waals surface area contributed by atoms with Crippen molar-refractivity contribution >= 4 is 40.1 Å². The fourth-order valence-electron chi connectivity index (χ4n) is 6.28. The molecule has 1 N–H and O–H groups in total. The van der Waals surface area contributed by atoms with Crippen molar-refractivity contribution in [2.45, 2.75) is 43.8 Å². The molecule has 2 saturated carbocycles. The van der Waals surface area contributed by atoms with E-state index in [1.807, 2.05) is 4.90 Å². The number of thioether (sulfide) groups is 1. The largest absolute Gasteiger partial charge is 0.433 e. The first kappa shape index (κ1) is 29.0. The van der Waals surface area contributed by atoms with Gasteiger partial charge in [0.05, 0.1) is 12.0 Å². The molecule has 0 radical (unpaired) electrons. The molecule has 216 valence electrons. The summed E-state index contributed by atoms with van der Waals surface area (Å²) < 4.78 is 81.6. The molecule has 1 saturated heterocycles. The van der Waals surface area contributed by atoms with Gasteiger partial charge in [-0.2, -0.15) is 13.2 Å². The van der Waals surface area contributed by atoms with E-state index in [9.17, 15) is 31.1 Å². The number of nitrogens with zero attached hydrogens (tertiary/aromatic N) is 3. The number of aromatic nitrogens is 1. The summed E-state index contributed by atoms with van der Waals surface area (Å²) in [5, 5.41) is 3.07. The molecule has 40 heavy (non-hydrogen) atoms. The fraction of sp³-hybridized carbons (Fsp3) is 0.519. The molecule has 13 heteroatoms. The minimum Gasteiger partial charge on any atom is -0.370 e. The molecule has 5 atom stereocenters. The molecule has 1 aromatic heterocycles. The summed E-state index contributed by atoms with van der Waals surface area (Å²) in [5.41, 5.74) is -0.707. The third-order valence-electron chi connectivity index (χ3n) is 8.37. The molecule has 3 fully saturated rings. The van der Waals surface area contributed by atoms with Crippen LogP contribution in [-0.2, 0) is 11.0 Å². The highest BCUT2D eigenvalue weighted by molar-refractivity contribution is 8.13. The number of unbranched alkanes of at least 4 members (excludes halogenated alkanes) is 1. The smallest absolute Gasteiger partial charge is 0.370 e. The molecule has 2 aromatic rings. The number of aliphatic imine (C=N–C) groups is 1. The lowest BCUT2D eigenvalue weighted by Crippen LogP contribution is -2.43. The minimum atomic E-state index is -4.53. The Kier molecular flexibility index (Phi) is 8.04. The predicted molar refractivity (Wildman–Crippen MR) is 142 cm³/mol. The van der Waals surface area contributed by atoms with Crippen molar-refractivity contribution in [1.29, 1.82) is 0 Å². The van der Waals surface area contributed by atoms with Crippen molar-refractivity contribution < 1.29 is 31.1 Å². The van der Waals surface area contributed by atoms with E-state index in [-0.39, 0.29) is 35.3 Å². The Hall–Kier alpha value is -2.47. The zero-order chi connectivity index (χ0) is 28.8. The zero-order valence-corrected chi connectivity index (χ0v) is 23.0. The highest BCUT2D eigenvalue weighted by Crippen LogP contribution is 2.74. The molecule has 1 spiro atoms. The monoisotopic (exact) mass is 604 g/mol. The van der Waals surface area contributed by atoms with Crippen LogP contribution in [-0.4, -0.2) is 47.3 Å². The van der Waals surface area contributed by atoms with Crippen molar-refractivity contribution in [3.05, 3.63) is 59.2 Å². The molecule has 3 unspecified atom stereocenters. The first-order chi connectivity index (χ1) is 19.0. The Morgan fingerprint density at radius 2 is 2.00 bits per heavy atom. The highest BCUT2D eigenvalue weighted by Gasteiger charge is 2.76. The first-order valence-corrected chi connectivity index (χ1v) is 14.7. The standard InChI is InChI=1S/C27H27ClF6N4OS/c1-40-25(37-24(39)16(4-2-3-8-28)15-5-6-19(29)22(31)21(15)30)36-23-17-11-26(17)13-38(12-18(23)26)14-7-9-35-20(10-14)27(32,33)34/h5-7,9-10,16-18,23H,2-4,8,11-13H2,1H3,(H,36,37,39)/t16?,17?,18-,23+,26?/m0/s1. The van der Waals surface area contributed by atoms with Gasteiger partial charge in [0.15, 0.2) is 22.6 Å². The van der Waals surface area contributed by atoms with Crippen LogP contribution in [0, 0.1) is 34.7 Å². The summed E-state index contributed by atoms with van der Waals surface area (Å²) in [7, 11) is 0. The van der Waals surface area contributed by atoms with Gasteiger partial charge < -0.3 is 10.2 Å². The third-order valence-corrected chi connectivity index (χ3v) is 9.23. The second-order valence-corrected chi connectivity index (χ2v) is 11.7. The lowest BCUT2D eigenvalue weighted by molar-refractivity contribution is -0.141. The number of halogens is 7. The average molecular weight is 605 g/mol. The second kappa shape index (κ2) is 11.1. The number of alkyl halides is 4. The minimum absolute atomic E-state index is 0.00221. The summed E-state index contributed by atoms with van der Waals surface area (Å²) in [6.07, 6.45) is 0.481. The van der Waals surface area contributed by atoms with Crippen LogP contribution in [0.25, 0.3) is 0 Å². The summed E-state index contributed by atoms with van der Waals surface area (Å²) >= 11 is 6.95. The van der Waals surface area contributed by atoms with Crippen molar-refractivity contribution in [3.8, 4) is 0 Å². The van der Waals surface area contributed by atoms with Crippen LogP contribution < -0.4 is 10.2 Å². The number of rotatable bonds is 8. The molecule has 0 bridgehead atoms. The molecule has 3 aliphatic rings. The van der Waals surface area contributed by atoms with Gasteiger partial charge in [-0.15, -0.1) is 11.6 Å². The molecule has 2 heterocycles. The summed E-state index contributed by atoms with van der Waals surface area (Å²) in [6, 6.07) is 4.39. The number of pyridine rings is 1. The zero-order valence-electron chi connectivity index (χ0n) is 21.4. The average Bonchev–Trinajstić information content (AvgIpc) is 3.43. The van der Waals surface area contributed by atoms with Crippen molar-refractivity contribution in [3.63, 3.8) is 0 Å². The number of hydrogen-bond donors (Lipinski definition) is 1. The van der Waals surface area contributed by atoms with Crippen LogP contribution in [0.1, 0.15) is 42.9 Å². The second-order valence-electron chi connectivity index (χ2n) is 10.5. The number of amidine groups is 1. The third kappa shape index (κ3) is 5.29. The molecule has 2 aliphatic carbocycles. The molecule has 5 rings (SSSR count). The van der Waals surface area contributed by atoms with Gasteiger partial charge in [0, 0.05) is 42.3 Å². The number of benzene rings is 1. The van der Waals surface area contributed by atoms with Crippen molar-refractivity contribution in [2.24, 2.45) is 22.2 Å². The maximum absolute atomic E-state index is 14.6. The van der Waals surface area contributed by atoms with Crippen molar-refractivity contribution in [2.75, 3.05) is 30.1 Å². The molecule has 1 aromatic carbocycles. The normalized spacial score (nSPS) is 26.1. The van der Waals surface area contributed by atoms with Gasteiger partial charge >= 0.3 is 6.18 Å². The topological polar surface area (TPSA) is 57.6 Å². The van der Waals surface area contributed by atoms with Gasteiger partial charge in [-0.1, -0.05) is 24.2 Å². The number of nitrogens with one attached hydrogen (secondary N) is 1. The Labute approximate surface area is 236 Å². The maximum atomic E-state index is 14.6. The van der Waals surface area contributed by atoms with Gasteiger partial charge in [-0.3, -0.25) is 14.8 Å². The van der Waals surface area contributed by atoms with Gasteiger partial charge in [-0.05, 0) is 55.1 Å². The van der Waals surface area contributed by atoms with Gasteiger partial charge in [0.2, 0.25) is 5.91 Å². The predicted octanol–water partition coefficient (Wildman–Crippen LogP) is 6.37. The van der Waals surface area contributed by atoms with Crippen LogP contribution in [0.4, 0.5) is 32.0 Å². The molecule has 1 aliphatic heterocycles. The Bertz CT molecular complexity index is 1330. The van der Waals surface area contributed by atoms with E-state index < -0.39 is 41.1 Å². The Morgan fingerprint density at radius 3 is 2.70 bits per heavy atom. The van der Waals surface area contributed by atoms with Gasteiger partial charge in [0.25, 0.3) is 0 Å². The summed E-state index contributed by atoms with van der Waals surface area (Å²) in [5.74, 6) is -5.31. The van der Waals surface area contributed by atoms with Crippen LogP contribution in [0.3, 0.4) is 0 Å². The van der Waals surface area contributed by atoms with E-state index in [0.29, 0.717) is 42.7 Å². The van der Waals surface area contributed by atoms with E-state index in [2.05, 4.69) is 10.3 Å². The number of amides is 1. The van der Waals surface area contributed by atoms with Crippen molar-refractivity contribution in [1.82, 2.24) is 10.3 Å². The summed E-state index contributed by atoms with van der Waals surface area (Å²) in [4.78, 5) is 23.5. The van der Waals surface area contributed by atoms with Crippen LogP contribution in [0.15, 0.2) is 35.5 Å². The number of carbonyl (C=O) groups excluding carboxylic acids is 1. The van der Waals surface area contributed by atoms with Gasteiger partial charge in [0.1, 0.15) is 5.69 Å². The molecular weight excluding hydrogens is 578 g/mol. The summed E-state index contributed by atoms with van der Waals surface area (Å²) in [6.45, 7) is 1.16. The SMILES string of the molecule is CSC(=N[C@@H]1C2CC23CN(c2ccnc(C(F)(F)F)c2)C[C@@H]13)NC(=O)C(CCCCCl)c1ccc(F)c(F)c1F. The Morgan fingerprint density at radius 1 is 1.23 bits per heavy atom. The quantitative estimate of drug-likeness (QED) is 0.0950. The lowest BCUT2D eigenvalue weighted by atomic mass is 9.71. The highest BCUT2D eigenvalue weighted by atomic mass is 35.5. The number of hydrogen-bond acceptors (Lipinski definition) is 5. The van der Waals surface area contributed by atoms with E-state index in [4.69, 9.17) is 16.6 Å². The van der Waals surface area contributed by atoms with E-state index >= 15 is 0 Å². The van der Waals surface area contributed by atoms with E-state index in [0.717, 1.165) is 30.8 Å². The van der Waals surface area contributed by atoms with E-state index in [1.165, 1.54) is 11.8 Å². The Balaban J connectivity index is 1.31. The first-order valence-electron chi connectivity index (χ1n) is 12.9. The van der Waals surface area contributed by atoms with Crippen LogP contribution in [0.5, 0.6) is 0 Å². The number of carbonyl (C=O) groups is 1. The number of anilines is 1. The van der Waals surface area contributed by atoms with E-state index in [1.54, 1.807) is 12.3 Å².